The van der Waals surface area contributed by atoms with Crippen molar-refractivity contribution in [2.75, 3.05) is 17.6 Å². The van der Waals surface area contributed by atoms with Crippen LogP contribution in [0.1, 0.15) is 53.3 Å². The van der Waals surface area contributed by atoms with Gasteiger partial charge in [-0.3, -0.25) is 14.0 Å². The molecule has 41 heavy (non-hydrogen) atoms. The number of nitrogens with two attached hydrogens (primary N) is 1. The van der Waals surface area contributed by atoms with E-state index in [1.807, 2.05) is 4.90 Å². The molecular formula is C27H23F4N7O3. The van der Waals surface area contributed by atoms with Crippen LogP contribution in [0.3, 0.4) is 0 Å². The SMILES string of the molecule is Nc1ncc(F)n2c(C3CCC4CCC(=O)N4C3)nc(-c3ccc(C(=O)Nc4cc(C(F)(F)F)ccn4)cc3O)c12. The smallest absolute Gasteiger partial charge is 0.416 e. The number of piperidine rings is 1. The highest BCUT2D eigenvalue weighted by molar-refractivity contribution is 6.04. The number of nitrogen functional groups attached to an aromatic ring is 1. The van der Waals surface area contributed by atoms with Crippen LogP contribution in [-0.2, 0) is 11.0 Å². The molecule has 2 aliphatic heterocycles. The lowest BCUT2D eigenvalue weighted by Gasteiger charge is -2.34. The summed E-state index contributed by atoms with van der Waals surface area (Å²) in [6, 6.07) is 5.45. The summed E-state index contributed by atoms with van der Waals surface area (Å²) in [7, 11) is 0. The van der Waals surface area contributed by atoms with Gasteiger partial charge in [0.1, 0.15) is 34.4 Å². The monoisotopic (exact) mass is 569 g/mol. The van der Waals surface area contributed by atoms with Gasteiger partial charge in [0.25, 0.3) is 5.91 Å². The Hall–Kier alpha value is -4.75. The van der Waals surface area contributed by atoms with Gasteiger partial charge in [0, 0.05) is 42.2 Å². The van der Waals surface area contributed by atoms with Crippen molar-refractivity contribution >= 4 is 29.0 Å². The highest BCUT2D eigenvalue weighted by Gasteiger charge is 2.39. The van der Waals surface area contributed by atoms with Crippen molar-refractivity contribution in [1.29, 1.82) is 0 Å². The number of amides is 2. The number of phenolic OH excluding ortho intramolecular Hbond substituents is 1. The normalized spacial score (nSPS) is 19.0. The summed E-state index contributed by atoms with van der Waals surface area (Å²) in [4.78, 5) is 39.2. The summed E-state index contributed by atoms with van der Waals surface area (Å²) in [5, 5.41) is 13.2. The number of nitrogens with zero attached hydrogens (tertiary/aromatic N) is 5. The van der Waals surface area contributed by atoms with E-state index in [0.29, 0.717) is 31.3 Å². The number of rotatable bonds is 4. The van der Waals surface area contributed by atoms with Gasteiger partial charge in [-0.2, -0.15) is 17.6 Å². The van der Waals surface area contributed by atoms with E-state index in [0.717, 1.165) is 37.4 Å². The second kappa shape index (κ2) is 9.71. The van der Waals surface area contributed by atoms with Gasteiger partial charge in [-0.05, 0) is 49.6 Å². The third-order valence-corrected chi connectivity index (χ3v) is 7.60. The molecule has 3 aromatic heterocycles. The number of pyridine rings is 1. The van der Waals surface area contributed by atoms with E-state index in [9.17, 15) is 27.9 Å². The molecule has 10 nitrogen and oxygen atoms in total. The molecule has 2 fully saturated rings. The number of carbonyl (C=O) groups excluding carboxylic acids is 2. The number of fused-ring (bicyclic) bond motifs is 2. The number of hydrogen-bond acceptors (Lipinski definition) is 7. The first-order valence-corrected chi connectivity index (χ1v) is 12.8. The first kappa shape index (κ1) is 26.5. The minimum atomic E-state index is -4.62. The lowest BCUT2D eigenvalue weighted by Crippen LogP contribution is -2.41. The van der Waals surface area contributed by atoms with Gasteiger partial charge in [0.2, 0.25) is 11.9 Å². The maximum Gasteiger partial charge on any atom is 0.416 e. The van der Waals surface area contributed by atoms with Gasteiger partial charge in [0.15, 0.2) is 0 Å². The zero-order chi connectivity index (χ0) is 29.1. The summed E-state index contributed by atoms with van der Waals surface area (Å²) < 4.78 is 55.4. The largest absolute Gasteiger partial charge is 0.507 e. The number of imidazole rings is 1. The molecule has 6 rings (SSSR count). The third kappa shape index (κ3) is 4.68. The predicted octanol–water partition coefficient (Wildman–Crippen LogP) is 4.36. The molecule has 0 bridgehead atoms. The molecule has 0 spiro atoms. The number of carbonyl (C=O) groups is 2. The Morgan fingerprint density at radius 3 is 2.68 bits per heavy atom. The Kier molecular flexibility index (Phi) is 6.27. The lowest BCUT2D eigenvalue weighted by molar-refractivity contribution is -0.137. The van der Waals surface area contributed by atoms with Crippen LogP contribution >= 0.6 is 0 Å². The zero-order valence-corrected chi connectivity index (χ0v) is 21.3. The van der Waals surface area contributed by atoms with Gasteiger partial charge in [-0.25, -0.2) is 15.0 Å². The second-order valence-electron chi connectivity index (χ2n) is 10.1. The lowest BCUT2D eigenvalue weighted by atomic mass is 9.92. The average Bonchev–Trinajstić information content (AvgIpc) is 3.52. The Labute approximate surface area is 229 Å². The maximum atomic E-state index is 15.2. The van der Waals surface area contributed by atoms with Gasteiger partial charge in [-0.15, -0.1) is 0 Å². The van der Waals surface area contributed by atoms with Crippen LogP contribution in [0.15, 0.2) is 42.7 Å². The molecule has 2 amide bonds. The predicted molar refractivity (Wildman–Crippen MR) is 138 cm³/mol. The van der Waals surface area contributed by atoms with Crippen molar-refractivity contribution in [2.24, 2.45) is 0 Å². The fourth-order valence-corrected chi connectivity index (χ4v) is 5.61. The number of nitrogens with one attached hydrogen (secondary N) is 1. The second-order valence-corrected chi connectivity index (χ2v) is 10.1. The zero-order valence-electron chi connectivity index (χ0n) is 21.3. The Morgan fingerprint density at radius 1 is 1.12 bits per heavy atom. The van der Waals surface area contributed by atoms with Crippen LogP contribution in [0, 0.1) is 5.95 Å². The molecule has 2 aliphatic rings. The molecule has 14 heteroatoms. The van der Waals surface area contributed by atoms with Gasteiger partial charge in [0.05, 0.1) is 11.8 Å². The third-order valence-electron chi connectivity index (χ3n) is 7.60. The van der Waals surface area contributed by atoms with Crippen molar-refractivity contribution in [1.82, 2.24) is 24.3 Å². The quantitative estimate of drug-likeness (QED) is 0.311. The maximum absolute atomic E-state index is 15.2. The molecule has 2 atom stereocenters. The first-order chi connectivity index (χ1) is 19.5. The van der Waals surface area contributed by atoms with Gasteiger partial charge >= 0.3 is 6.18 Å². The van der Waals surface area contributed by atoms with Crippen LogP contribution in [0.25, 0.3) is 16.8 Å². The number of benzene rings is 1. The molecule has 4 aromatic rings. The van der Waals surface area contributed by atoms with E-state index in [-0.39, 0.29) is 51.8 Å². The molecule has 212 valence electrons. The summed E-state index contributed by atoms with van der Waals surface area (Å²) in [5.74, 6) is -2.20. The number of phenols is 1. The molecular weight excluding hydrogens is 546 g/mol. The summed E-state index contributed by atoms with van der Waals surface area (Å²) >= 11 is 0. The van der Waals surface area contributed by atoms with E-state index in [1.165, 1.54) is 16.5 Å². The van der Waals surface area contributed by atoms with Crippen LogP contribution in [0.2, 0.25) is 0 Å². The van der Waals surface area contributed by atoms with Crippen LogP contribution in [0.5, 0.6) is 5.75 Å². The number of anilines is 2. The van der Waals surface area contributed by atoms with E-state index < -0.39 is 29.3 Å². The fraction of sp³-hybridized carbons (Fsp3) is 0.296. The highest BCUT2D eigenvalue weighted by atomic mass is 19.4. The van der Waals surface area contributed by atoms with Crippen LogP contribution in [-0.4, -0.2) is 53.8 Å². The molecule has 0 saturated carbocycles. The number of hydrogen-bond donors (Lipinski definition) is 3. The summed E-state index contributed by atoms with van der Waals surface area (Å²) in [6.45, 7) is 0.373. The number of halogens is 4. The topological polar surface area (TPSA) is 139 Å². The van der Waals surface area contributed by atoms with E-state index in [1.54, 1.807) is 0 Å². The molecule has 0 aliphatic carbocycles. The molecule has 1 aromatic carbocycles. The standard InChI is InChI=1S/C27H23F4N7O3/c28-19-11-34-24(32)23-22(36-25(38(19)23)14-1-3-16-4-6-21(40)37(16)12-14)17-5-2-13(9-18(17)39)26(41)35-20-10-15(7-8-33-20)27(29,30)31/h2,5,7-11,14,16,39H,1,3-4,6,12H2,(H2,32,34)(H,33,35,41). The van der Waals surface area contributed by atoms with Crippen molar-refractivity contribution < 1.29 is 32.3 Å². The molecule has 5 heterocycles. The van der Waals surface area contributed by atoms with Crippen molar-refractivity contribution in [3.05, 3.63) is 65.6 Å². The van der Waals surface area contributed by atoms with Crippen molar-refractivity contribution in [3.63, 3.8) is 0 Å². The van der Waals surface area contributed by atoms with Gasteiger partial charge < -0.3 is 21.1 Å². The van der Waals surface area contributed by atoms with Gasteiger partial charge in [-0.1, -0.05) is 0 Å². The Morgan fingerprint density at radius 2 is 1.93 bits per heavy atom. The average molecular weight is 570 g/mol. The van der Waals surface area contributed by atoms with Crippen molar-refractivity contribution in [2.45, 2.75) is 43.8 Å². The van der Waals surface area contributed by atoms with E-state index >= 15 is 4.39 Å². The van der Waals surface area contributed by atoms with E-state index in [2.05, 4.69) is 20.3 Å². The number of aromatic hydroxyl groups is 1. The van der Waals surface area contributed by atoms with Crippen molar-refractivity contribution in [3.8, 4) is 17.0 Å². The first-order valence-electron chi connectivity index (χ1n) is 12.8. The van der Waals surface area contributed by atoms with Crippen LogP contribution < -0.4 is 11.1 Å². The molecule has 2 unspecified atom stereocenters. The molecule has 4 N–H and O–H groups in total. The highest BCUT2D eigenvalue weighted by Crippen LogP contribution is 2.40. The minimum absolute atomic E-state index is 0.0390. The summed E-state index contributed by atoms with van der Waals surface area (Å²) in [6.07, 6.45) is -0.0328. The van der Waals surface area contributed by atoms with E-state index in [4.69, 9.17) is 5.73 Å². The number of alkyl halides is 3. The fourth-order valence-electron chi connectivity index (χ4n) is 5.61. The Bertz CT molecular complexity index is 1700. The minimum Gasteiger partial charge on any atom is -0.507 e. The number of aromatic nitrogens is 4. The van der Waals surface area contributed by atoms with Crippen LogP contribution in [0.4, 0.5) is 29.2 Å². The molecule has 2 saturated heterocycles. The summed E-state index contributed by atoms with van der Waals surface area (Å²) in [5.41, 5.74) is 5.46. The molecule has 0 radical (unpaired) electrons. The Balaban J connectivity index is 1.34.